The molecule has 0 unspecified atom stereocenters. The van der Waals surface area contributed by atoms with E-state index in [4.69, 9.17) is 11.6 Å². The number of hydrogen-bond donors (Lipinski definition) is 1. The molecule has 0 spiro atoms. The van der Waals surface area contributed by atoms with Crippen molar-refractivity contribution in [2.24, 2.45) is 0 Å². The number of hydrogen-bond acceptors (Lipinski definition) is 4. The van der Waals surface area contributed by atoms with Crippen LogP contribution in [0.4, 0.5) is 5.69 Å². The van der Waals surface area contributed by atoms with Gasteiger partial charge in [-0.3, -0.25) is 13.9 Å². The number of amides is 2. The lowest BCUT2D eigenvalue weighted by Crippen LogP contribution is -2.53. The molecule has 208 valence electrons. The van der Waals surface area contributed by atoms with Crippen LogP contribution in [0.5, 0.6) is 0 Å². The van der Waals surface area contributed by atoms with E-state index in [0.717, 1.165) is 21.0 Å². The minimum atomic E-state index is -4.09. The minimum Gasteiger partial charge on any atom is -0.352 e. The van der Waals surface area contributed by atoms with Gasteiger partial charge in [0, 0.05) is 17.6 Å². The average molecular weight is 570 g/mol. The second-order valence-corrected chi connectivity index (χ2v) is 12.2. The fraction of sp³-hybridized carbons (Fsp3) is 0.333. The van der Waals surface area contributed by atoms with Gasteiger partial charge in [0.15, 0.2) is 0 Å². The number of rotatable bonds is 11. The first-order valence-electron chi connectivity index (χ1n) is 12.9. The van der Waals surface area contributed by atoms with Crippen LogP contribution < -0.4 is 9.62 Å². The number of carbonyl (C=O) groups is 2. The first-order chi connectivity index (χ1) is 18.4. The quantitative estimate of drug-likeness (QED) is 0.331. The maximum absolute atomic E-state index is 14.0. The lowest BCUT2D eigenvalue weighted by atomic mass is 10.1. The minimum absolute atomic E-state index is 0.0790. The van der Waals surface area contributed by atoms with Crippen LogP contribution in [0.15, 0.2) is 77.7 Å². The van der Waals surface area contributed by atoms with Crippen LogP contribution in [0, 0.1) is 13.8 Å². The number of carbonyl (C=O) groups excluding carboxylic acids is 2. The number of halogens is 1. The molecule has 9 heteroatoms. The summed E-state index contributed by atoms with van der Waals surface area (Å²) in [6, 6.07) is 19.6. The number of nitrogens with zero attached hydrogens (tertiary/aromatic N) is 2. The number of sulfonamides is 1. The van der Waals surface area contributed by atoms with Gasteiger partial charge < -0.3 is 10.2 Å². The van der Waals surface area contributed by atoms with Crippen LogP contribution in [0.1, 0.15) is 43.9 Å². The smallest absolute Gasteiger partial charge is 0.264 e. The van der Waals surface area contributed by atoms with E-state index < -0.39 is 28.5 Å². The number of nitrogens with one attached hydrogen (secondary N) is 1. The summed E-state index contributed by atoms with van der Waals surface area (Å²) in [6.07, 6.45) is 0.354. The Bertz CT molecular complexity index is 1370. The third kappa shape index (κ3) is 7.83. The van der Waals surface area contributed by atoms with Crippen molar-refractivity contribution in [1.29, 1.82) is 0 Å². The van der Waals surface area contributed by atoms with Crippen LogP contribution in [0.3, 0.4) is 0 Å². The summed E-state index contributed by atoms with van der Waals surface area (Å²) >= 11 is 6.06. The van der Waals surface area contributed by atoms with E-state index >= 15 is 0 Å². The molecule has 3 aromatic rings. The molecule has 0 radical (unpaired) electrons. The average Bonchev–Trinajstić information content (AvgIpc) is 2.88. The second-order valence-electron chi connectivity index (χ2n) is 9.90. The van der Waals surface area contributed by atoms with Crippen molar-refractivity contribution in [3.8, 4) is 0 Å². The van der Waals surface area contributed by atoms with E-state index in [1.54, 1.807) is 60.7 Å². The number of aryl methyl sites for hydroxylation is 2. The largest absolute Gasteiger partial charge is 0.352 e. The Kier molecular flexibility index (Phi) is 10.2. The molecule has 3 aromatic carbocycles. The molecule has 7 nitrogen and oxygen atoms in total. The predicted molar refractivity (Wildman–Crippen MR) is 156 cm³/mol. The number of benzene rings is 3. The van der Waals surface area contributed by atoms with Crippen molar-refractivity contribution >= 4 is 39.1 Å². The van der Waals surface area contributed by atoms with Gasteiger partial charge in [-0.15, -0.1) is 0 Å². The van der Waals surface area contributed by atoms with E-state index in [0.29, 0.717) is 17.1 Å². The Hall–Kier alpha value is -3.36. The van der Waals surface area contributed by atoms with E-state index in [1.165, 1.54) is 17.0 Å². The molecular weight excluding hydrogens is 534 g/mol. The van der Waals surface area contributed by atoms with Crippen LogP contribution in [0.25, 0.3) is 0 Å². The predicted octanol–water partition coefficient (Wildman–Crippen LogP) is 5.48. The molecule has 0 saturated heterocycles. The van der Waals surface area contributed by atoms with Crippen molar-refractivity contribution < 1.29 is 18.0 Å². The van der Waals surface area contributed by atoms with Gasteiger partial charge in [-0.1, -0.05) is 66.0 Å². The van der Waals surface area contributed by atoms with Gasteiger partial charge in [-0.25, -0.2) is 8.42 Å². The first-order valence-corrected chi connectivity index (χ1v) is 14.7. The molecule has 2 amide bonds. The van der Waals surface area contributed by atoms with E-state index in [9.17, 15) is 18.0 Å². The summed E-state index contributed by atoms with van der Waals surface area (Å²) in [6.45, 7) is 8.95. The molecular formula is C30H36ClN3O4S. The Morgan fingerprint density at radius 3 is 1.92 bits per heavy atom. The lowest BCUT2D eigenvalue weighted by Gasteiger charge is -2.33. The molecule has 0 saturated carbocycles. The third-order valence-corrected chi connectivity index (χ3v) is 8.33. The zero-order valence-corrected chi connectivity index (χ0v) is 24.6. The third-order valence-electron chi connectivity index (χ3n) is 6.29. The van der Waals surface area contributed by atoms with Gasteiger partial charge >= 0.3 is 0 Å². The van der Waals surface area contributed by atoms with Gasteiger partial charge in [0.05, 0.1) is 10.6 Å². The Morgan fingerprint density at radius 2 is 1.41 bits per heavy atom. The highest BCUT2D eigenvalue weighted by Crippen LogP contribution is 2.25. The summed E-state index contributed by atoms with van der Waals surface area (Å²) in [5.74, 6) is -0.787. The highest BCUT2D eigenvalue weighted by atomic mass is 35.5. The standard InChI is InChI=1S/C30H36ClN3O4S/c1-6-28(30(36)32-21(2)3)33(19-24-11-13-25(31)14-12-24)29(35)20-34(26-15-7-22(4)8-16-26)39(37,38)27-17-9-23(5)10-18-27/h7-18,21,28H,6,19-20H2,1-5H3,(H,32,36)/t28-/m0/s1. The van der Waals surface area contributed by atoms with Crippen molar-refractivity contribution in [2.45, 2.75) is 64.6 Å². The zero-order chi connectivity index (χ0) is 28.7. The van der Waals surface area contributed by atoms with Crippen molar-refractivity contribution in [3.05, 3.63) is 94.5 Å². The maximum Gasteiger partial charge on any atom is 0.264 e. The van der Waals surface area contributed by atoms with E-state index in [2.05, 4.69) is 5.32 Å². The second kappa shape index (κ2) is 13.1. The fourth-order valence-electron chi connectivity index (χ4n) is 4.16. The van der Waals surface area contributed by atoms with Gasteiger partial charge in [0.2, 0.25) is 11.8 Å². The Balaban J connectivity index is 2.05. The molecule has 1 atom stereocenters. The molecule has 0 aliphatic carbocycles. The molecule has 39 heavy (non-hydrogen) atoms. The summed E-state index contributed by atoms with van der Waals surface area (Å²) in [4.78, 5) is 28.7. The van der Waals surface area contributed by atoms with E-state index in [1.807, 2.05) is 34.6 Å². The van der Waals surface area contributed by atoms with Crippen molar-refractivity contribution in [3.63, 3.8) is 0 Å². The Morgan fingerprint density at radius 1 is 0.872 bits per heavy atom. The monoisotopic (exact) mass is 569 g/mol. The first kappa shape index (κ1) is 30.2. The molecule has 0 aliphatic rings. The van der Waals surface area contributed by atoms with Gasteiger partial charge in [0.1, 0.15) is 12.6 Å². The van der Waals surface area contributed by atoms with Gasteiger partial charge in [0.25, 0.3) is 10.0 Å². The molecule has 0 aliphatic heterocycles. The summed E-state index contributed by atoms with van der Waals surface area (Å²) in [7, 11) is -4.09. The molecule has 0 fully saturated rings. The van der Waals surface area contributed by atoms with Crippen LogP contribution in [-0.2, 0) is 26.2 Å². The molecule has 3 rings (SSSR count). The zero-order valence-electron chi connectivity index (χ0n) is 23.0. The Labute approximate surface area is 236 Å². The van der Waals surface area contributed by atoms with Gasteiger partial charge in [-0.2, -0.15) is 0 Å². The van der Waals surface area contributed by atoms with Crippen molar-refractivity contribution in [1.82, 2.24) is 10.2 Å². The summed E-state index contributed by atoms with van der Waals surface area (Å²) in [5, 5.41) is 3.44. The topological polar surface area (TPSA) is 86.8 Å². The SMILES string of the molecule is CC[C@@H](C(=O)NC(C)C)N(Cc1ccc(Cl)cc1)C(=O)CN(c1ccc(C)cc1)S(=O)(=O)c1ccc(C)cc1. The molecule has 1 N–H and O–H groups in total. The van der Waals surface area contributed by atoms with Crippen LogP contribution >= 0.6 is 11.6 Å². The van der Waals surface area contributed by atoms with E-state index in [-0.39, 0.29) is 23.4 Å². The maximum atomic E-state index is 14.0. The number of anilines is 1. The highest BCUT2D eigenvalue weighted by Gasteiger charge is 2.33. The fourth-order valence-corrected chi connectivity index (χ4v) is 5.70. The van der Waals surface area contributed by atoms with Crippen LogP contribution in [0.2, 0.25) is 5.02 Å². The normalized spacial score (nSPS) is 12.2. The van der Waals surface area contributed by atoms with Crippen molar-refractivity contribution in [2.75, 3.05) is 10.8 Å². The van der Waals surface area contributed by atoms with Gasteiger partial charge in [-0.05, 0) is 76.1 Å². The highest BCUT2D eigenvalue weighted by molar-refractivity contribution is 7.92. The van der Waals surface area contributed by atoms with Crippen LogP contribution in [-0.4, -0.2) is 43.8 Å². The summed E-state index contributed by atoms with van der Waals surface area (Å²) < 4.78 is 28.8. The molecule has 0 bridgehead atoms. The molecule has 0 aromatic heterocycles. The molecule has 0 heterocycles. The lowest BCUT2D eigenvalue weighted by molar-refractivity contribution is -0.140. The summed E-state index contributed by atoms with van der Waals surface area (Å²) in [5.41, 5.74) is 3.01.